The molecule has 2 aromatic rings. The molecule has 21 heavy (non-hydrogen) atoms. The number of benzene rings is 1. The predicted molar refractivity (Wildman–Crippen MR) is 87.4 cm³/mol. The summed E-state index contributed by atoms with van der Waals surface area (Å²) >= 11 is 1.88. The van der Waals surface area contributed by atoms with Crippen molar-refractivity contribution in [1.29, 1.82) is 0 Å². The van der Waals surface area contributed by atoms with E-state index in [1.807, 2.05) is 36.0 Å². The van der Waals surface area contributed by atoms with Crippen LogP contribution in [0, 0.1) is 0 Å². The zero-order valence-electron chi connectivity index (χ0n) is 11.6. The molecule has 110 valence electrons. The number of fused-ring (bicyclic) bond motifs is 1. The molecule has 1 unspecified atom stereocenters. The third-order valence-corrected chi connectivity index (χ3v) is 4.82. The number of pyridine rings is 1. The average molecular weight is 302 g/mol. The number of anilines is 1. The van der Waals surface area contributed by atoms with Crippen LogP contribution in [0.1, 0.15) is 23.3 Å². The quantitative estimate of drug-likeness (QED) is 0.598. The summed E-state index contributed by atoms with van der Waals surface area (Å²) in [6, 6.07) is 9.56. The van der Waals surface area contributed by atoms with Crippen LogP contribution in [-0.4, -0.2) is 28.4 Å². The fraction of sp³-hybridized carbons (Fsp3) is 0.333. The van der Waals surface area contributed by atoms with Gasteiger partial charge in [-0.2, -0.15) is 11.8 Å². The van der Waals surface area contributed by atoms with Gasteiger partial charge in [-0.15, -0.1) is 0 Å². The topological polar surface area (TPSA) is 80.0 Å². The van der Waals surface area contributed by atoms with E-state index in [0.717, 1.165) is 29.5 Å². The van der Waals surface area contributed by atoms with Gasteiger partial charge >= 0.3 is 0 Å². The lowest BCUT2D eigenvalue weighted by Gasteiger charge is -2.22. The maximum atomic E-state index is 12.4. The first-order valence-electron chi connectivity index (χ1n) is 7.03. The van der Waals surface area contributed by atoms with Crippen LogP contribution in [0.25, 0.3) is 10.9 Å². The van der Waals surface area contributed by atoms with E-state index in [0.29, 0.717) is 11.4 Å². The van der Waals surface area contributed by atoms with Crippen LogP contribution in [0.4, 0.5) is 5.69 Å². The predicted octanol–water partition coefficient (Wildman–Crippen LogP) is 2.15. The fourth-order valence-corrected chi connectivity index (χ4v) is 3.60. The van der Waals surface area contributed by atoms with Crippen molar-refractivity contribution in [2.75, 3.05) is 16.9 Å². The van der Waals surface area contributed by atoms with Crippen LogP contribution in [-0.2, 0) is 0 Å². The van der Waals surface area contributed by atoms with Crippen LogP contribution in [0.2, 0.25) is 0 Å². The maximum Gasteiger partial charge on any atom is 0.270 e. The minimum Gasteiger partial charge on any atom is -0.347 e. The van der Waals surface area contributed by atoms with Crippen molar-refractivity contribution >= 4 is 34.3 Å². The molecule has 0 radical (unpaired) electrons. The van der Waals surface area contributed by atoms with Crippen molar-refractivity contribution in [3.05, 3.63) is 36.0 Å². The lowest BCUT2D eigenvalue weighted by molar-refractivity contribution is 0.0934. The Balaban J connectivity index is 1.87. The summed E-state index contributed by atoms with van der Waals surface area (Å²) in [5, 5.41) is 3.97. The molecule has 6 heteroatoms. The summed E-state index contributed by atoms with van der Waals surface area (Å²) in [6.45, 7) is 0. The van der Waals surface area contributed by atoms with Crippen LogP contribution in [0.15, 0.2) is 30.3 Å². The molecular formula is C15H18N4OS. The highest BCUT2D eigenvalue weighted by Crippen LogP contribution is 2.23. The number of rotatable bonds is 3. The molecule has 1 aromatic heterocycles. The molecule has 1 saturated heterocycles. The van der Waals surface area contributed by atoms with Crippen LogP contribution in [0.3, 0.4) is 0 Å². The minimum atomic E-state index is -0.134. The molecule has 0 aliphatic carbocycles. The maximum absolute atomic E-state index is 12.4. The third kappa shape index (κ3) is 3.11. The van der Waals surface area contributed by atoms with Crippen molar-refractivity contribution in [2.45, 2.75) is 18.9 Å². The van der Waals surface area contributed by atoms with E-state index in [-0.39, 0.29) is 11.9 Å². The summed E-state index contributed by atoms with van der Waals surface area (Å²) in [4.78, 5) is 16.8. The zero-order valence-corrected chi connectivity index (χ0v) is 12.5. The SMILES string of the molecule is NNc1cc(C(=O)NC2CCCSC2)nc2ccccc12. The number of nitrogens with zero attached hydrogens (tertiary/aromatic N) is 1. The van der Waals surface area contributed by atoms with Gasteiger partial charge in [0, 0.05) is 17.2 Å². The number of amides is 1. The van der Waals surface area contributed by atoms with Crippen LogP contribution >= 0.6 is 11.8 Å². The monoisotopic (exact) mass is 302 g/mol. The minimum absolute atomic E-state index is 0.134. The number of para-hydroxylation sites is 1. The number of hydrogen-bond acceptors (Lipinski definition) is 5. The highest BCUT2D eigenvalue weighted by molar-refractivity contribution is 7.99. The van der Waals surface area contributed by atoms with E-state index in [2.05, 4.69) is 15.7 Å². The second-order valence-corrected chi connectivity index (χ2v) is 6.25. The van der Waals surface area contributed by atoms with Crippen molar-refractivity contribution < 1.29 is 4.79 Å². The Morgan fingerprint density at radius 1 is 1.38 bits per heavy atom. The van der Waals surface area contributed by atoms with Gasteiger partial charge in [0.25, 0.3) is 5.91 Å². The van der Waals surface area contributed by atoms with E-state index in [4.69, 9.17) is 5.84 Å². The molecule has 0 saturated carbocycles. The van der Waals surface area contributed by atoms with E-state index < -0.39 is 0 Å². The Labute approximate surface area is 127 Å². The number of nitrogen functional groups attached to an aromatic ring is 1. The smallest absolute Gasteiger partial charge is 0.270 e. The van der Waals surface area contributed by atoms with E-state index in [1.54, 1.807) is 6.07 Å². The molecule has 5 nitrogen and oxygen atoms in total. The highest BCUT2D eigenvalue weighted by atomic mass is 32.2. The number of thioether (sulfide) groups is 1. The highest BCUT2D eigenvalue weighted by Gasteiger charge is 2.18. The van der Waals surface area contributed by atoms with Gasteiger partial charge < -0.3 is 10.7 Å². The van der Waals surface area contributed by atoms with Gasteiger partial charge in [-0.3, -0.25) is 10.6 Å². The van der Waals surface area contributed by atoms with Crippen molar-refractivity contribution in [3.63, 3.8) is 0 Å². The number of nitrogens with two attached hydrogens (primary N) is 1. The molecule has 4 N–H and O–H groups in total. The average Bonchev–Trinajstić information content (AvgIpc) is 2.54. The Bertz CT molecular complexity index is 655. The van der Waals surface area contributed by atoms with Gasteiger partial charge in [-0.25, -0.2) is 4.98 Å². The number of carbonyl (C=O) groups excluding carboxylic acids is 1. The molecule has 2 heterocycles. The van der Waals surface area contributed by atoms with E-state index in [9.17, 15) is 4.79 Å². The Hall–Kier alpha value is -1.79. The zero-order chi connectivity index (χ0) is 14.7. The molecule has 1 aliphatic heterocycles. The number of hydrogen-bond donors (Lipinski definition) is 3. The van der Waals surface area contributed by atoms with Gasteiger partial charge in [0.05, 0.1) is 11.2 Å². The summed E-state index contributed by atoms with van der Waals surface area (Å²) in [5.74, 6) is 7.58. The number of hydrazine groups is 1. The summed E-state index contributed by atoms with van der Waals surface area (Å²) in [5.41, 5.74) is 4.52. The van der Waals surface area contributed by atoms with E-state index >= 15 is 0 Å². The summed E-state index contributed by atoms with van der Waals surface area (Å²) in [7, 11) is 0. The van der Waals surface area contributed by atoms with Crippen molar-refractivity contribution in [2.24, 2.45) is 5.84 Å². The molecule has 1 fully saturated rings. The van der Waals surface area contributed by atoms with Crippen LogP contribution in [0.5, 0.6) is 0 Å². The van der Waals surface area contributed by atoms with Gasteiger partial charge in [0.2, 0.25) is 0 Å². The Morgan fingerprint density at radius 3 is 3.00 bits per heavy atom. The van der Waals surface area contributed by atoms with Crippen molar-refractivity contribution in [1.82, 2.24) is 10.3 Å². The Morgan fingerprint density at radius 2 is 2.24 bits per heavy atom. The lowest BCUT2D eigenvalue weighted by Crippen LogP contribution is -2.38. The van der Waals surface area contributed by atoms with Gasteiger partial charge in [-0.1, -0.05) is 18.2 Å². The number of carbonyl (C=O) groups is 1. The first-order valence-corrected chi connectivity index (χ1v) is 8.18. The molecule has 1 amide bonds. The molecule has 0 spiro atoms. The molecule has 0 bridgehead atoms. The summed E-state index contributed by atoms with van der Waals surface area (Å²) in [6.07, 6.45) is 2.19. The summed E-state index contributed by atoms with van der Waals surface area (Å²) < 4.78 is 0. The Kier molecular flexibility index (Phi) is 4.26. The first-order chi connectivity index (χ1) is 10.3. The molecule has 1 aromatic carbocycles. The van der Waals surface area contributed by atoms with Gasteiger partial charge in [0.15, 0.2) is 0 Å². The first kappa shape index (κ1) is 14.2. The van der Waals surface area contributed by atoms with Crippen molar-refractivity contribution in [3.8, 4) is 0 Å². The third-order valence-electron chi connectivity index (χ3n) is 3.60. The largest absolute Gasteiger partial charge is 0.347 e. The second kappa shape index (κ2) is 6.32. The standard InChI is InChI=1S/C15H18N4OS/c16-19-13-8-14(18-12-6-2-1-5-11(12)13)15(20)17-10-4-3-7-21-9-10/h1-2,5-6,8,10H,3-4,7,9,16H2,(H,17,20)(H,18,19). The molecule has 1 atom stereocenters. The second-order valence-electron chi connectivity index (χ2n) is 5.10. The number of nitrogens with one attached hydrogen (secondary N) is 2. The van der Waals surface area contributed by atoms with Gasteiger partial charge in [-0.05, 0) is 30.7 Å². The van der Waals surface area contributed by atoms with Gasteiger partial charge in [0.1, 0.15) is 5.69 Å². The molecule has 1 aliphatic rings. The normalized spacial score (nSPS) is 18.4. The molecular weight excluding hydrogens is 284 g/mol. The van der Waals surface area contributed by atoms with Crippen LogP contribution < -0.4 is 16.6 Å². The lowest BCUT2D eigenvalue weighted by atomic mass is 10.1. The molecule has 3 rings (SSSR count). The van der Waals surface area contributed by atoms with E-state index in [1.165, 1.54) is 5.75 Å². The fourth-order valence-electron chi connectivity index (χ4n) is 2.53. The number of aromatic nitrogens is 1.